The summed E-state index contributed by atoms with van der Waals surface area (Å²) in [4.78, 5) is 4.50. The minimum absolute atomic E-state index is 0.562. The molecule has 0 unspecified atom stereocenters. The number of aryl methyl sites for hydroxylation is 1. The van der Waals surface area contributed by atoms with Crippen molar-refractivity contribution in [2.75, 3.05) is 0 Å². The fourth-order valence-corrected chi connectivity index (χ4v) is 2.54. The van der Waals surface area contributed by atoms with E-state index in [0.29, 0.717) is 16.5 Å². The van der Waals surface area contributed by atoms with E-state index in [1.54, 1.807) is 24.8 Å². The van der Waals surface area contributed by atoms with Crippen LogP contribution in [0.2, 0.25) is 5.02 Å². The number of nitrogens with zero attached hydrogens (tertiary/aromatic N) is 4. The molecule has 0 atom stereocenters. The van der Waals surface area contributed by atoms with Gasteiger partial charge in [0.15, 0.2) is 5.58 Å². The van der Waals surface area contributed by atoms with Crippen LogP contribution in [0.15, 0.2) is 53.5 Å². The maximum atomic E-state index is 5.99. The van der Waals surface area contributed by atoms with Crippen molar-refractivity contribution < 1.29 is 4.42 Å². The minimum Gasteiger partial charge on any atom is -0.436 e. The fraction of sp³-hybridized carbons (Fsp3) is 0.0625. The van der Waals surface area contributed by atoms with E-state index in [9.17, 15) is 0 Å². The molecule has 2 aromatic heterocycles. The SMILES string of the molecule is Cc1ccc(-c2nc3cc(Cl)ccc3o2)cc1-n1cnnc1. The van der Waals surface area contributed by atoms with Crippen molar-refractivity contribution in [3.8, 4) is 17.1 Å². The third-order valence-electron chi connectivity index (χ3n) is 3.50. The Morgan fingerprint density at radius 2 is 1.86 bits per heavy atom. The minimum atomic E-state index is 0.562. The van der Waals surface area contributed by atoms with E-state index in [1.807, 2.05) is 35.8 Å². The molecule has 4 rings (SSSR count). The summed E-state index contributed by atoms with van der Waals surface area (Å²) in [5, 5.41) is 8.33. The molecule has 0 N–H and O–H groups in total. The second-order valence-corrected chi connectivity index (χ2v) is 5.44. The molecular weight excluding hydrogens is 300 g/mol. The Morgan fingerprint density at radius 1 is 1.05 bits per heavy atom. The highest BCUT2D eigenvalue weighted by Crippen LogP contribution is 2.28. The zero-order valence-corrected chi connectivity index (χ0v) is 12.4. The van der Waals surface area contributed by atoms with Crippen LogP contribution in [0, 0.1) is 6.92 Å². The van der Waals surface area contributed by atoms with Gasteiger partial charge in [0.1, 0.15) is 18.2 Å². The second kappa shape index (κ2) is 4.96. The highest BCUT2D eigenvalue weighted by molar-refractivity contribution is 6.31. The lowest BCUT2D eigenvalue weighted by molar-refractivity contribution is 0.620. The van der Waals surface area contributed by atoms with Crippen LogP contribution < -0.4 is 0 Å². The van der Waals surface area contributed by atoms with Crippen LogP contribution in [0.3, 0.4) is 0 Å². The van der Waals surface area contributed by atoms with Crippen molar-refractivity contribution in [2.24, 2.45) is 0 Å². The van der Waals surface area contributed by atoms with E-state index >= 15 is 0 Å². The molecule has 0 aliphatic carbocycles. The zero-order chi connectivity index (χ0) is 15.1. The first kappa shape index (κ1) is 13.0. The lowest BCUT2D eigenvalue weighted by atomic mass is 10.1. The maximum Gasteiger partial charge on any atom is 0.227 e. The van der Waals surface area contributed by atoms with Gasteiger partial charge in [-0.1, -0.05) is 17.7 Å². The van der Waals surface area contributed by atoms with Gasteiger partial charge in [-0.2, -0.15) is 0 Å². The van der Waals surface area contributed by atoms with Gasteiger partial charge < -0.3 is 4.42 Å². The molecule has 0 saturated carbocycles. The normalized spacial score (nSPS) is 11.2. The van der Waals surface area contributed by atoms with E-state index in [-0.39, 0.29) is 0 Å². The van der Waals surface area contributed by atoms with E-state index in [0.717, 1.165) is 22.3 Å². The molecule has 2 aromatic carbocycles. The van der Waals surface area contributed by atoms with Gasteiger partial charge in [0.25, 0.3) is 0 Å². The standard InChI is InChI=1S/C16H11ClN4O/c1-10-2-3-11(6-14(10)21-8-18-19-9-21)16-20-13-7-12(17)4-5-15(13)22-16/h2-9H,1H3. The molecule has 0 aliphatic heterocycles. The molecule has 22 heavy (non-hydrogen) atoms. The predicted octanol–water partition coefficient (Wildman–Crippen LogP) is 4.04. The Morgan fingerprint density at radius 3 is 2.68 bits per heavy atom. The highest BCUT2D eigenvalue weighted by atomic mass is 35.5. The summed E-state index contributed by atoms with van der Waals surface area (Å²) in [6.45, 7) is 2.03. The number of hydrogen-bond donors (Lipinski definition) is 0. The van der Waals surface area contributed by atoms with E-state index < -0.39 is 0 Å². The molecule has 2 heterocycles. The van der Waals surface area contributed by atoms with Crippen molar-refractivity contribution in [3.05, 3.63) is 59.6 Å². The van der Waals surface area contributed by atoms with Crippen LogP contribution >= 0.6 is 11.6 Å². The van der Waals surface area contributed by atoms with Gasteiger partial charge in [-0.25, -0.2) is 4.98 Å². The Balaban J connectivity index is 1.86. The lowest BCUT2D eigenvalue weighted by Crippen LogP contribution is -1.94. The number of aromatic nitrogens is 4. The summed E-state index contributed by atoms with van der Waals surface area (Å²) in [6.07, 6.45) is 3.33. The van der Waals surface area contributed by atoms with E-state index in [4.69, 9.17) is 16.0 Å². The van der Waals surface area contributed by atoms with Crippen molar-refractivity contribution in [2.45, 2.75) is 6.92 Å². The third kappa shape index (κ3) is 2.16. The number of fused-ring (bicyclic) bond motifs is 1. The number of rotatable bonds is 2. The Hall–Kier alpha value is -2.66. The Labute approximate surface area is 131 Å². The largest absolute Gasteiger partial charge is 0.436 e. The zero-order valence-electron chi connectivity index (χ0n) is 11.7. The number of halogens is 1. The van der Waals surface area contributed by atoms with Gasteiger partial charge in [0, 0.05) is 10.6 Å². The summed E-state index contributed by atoms with van der Waals surface area (Å²) < 4.78 is 7.67. The van der Waals surface area contributed by atoms with Gasteiger partial charge in [-0.15, -0.1) is 10.2 Å². The molecule has 0 amide bonds. The molecule has 0 radical (unpaired) electrons. The number of hydrogen-bond acceptors (Lipinski definition) is 4. The smallest absolute Gasteiger partial charge is 0.227 e. The van der Waals surface area contributed by atoms with Gasteiger partial charge >= 0.3 is 0 Å². The van der Waals surface area contributed by atoms with Crippen molar-refractivity contribution in [1.82, 2.24) is 19.7 Å². The van der Waals surface area contributed by atoms with Crippen LogP contribution in [0.25, 0.3) is 28.2 Å². The summed E-state index contributed by atoms with van der Waals surface area (Å²) in [5.41, 5.74) is 4.45. The summed E-state index contributed by atoms with van der Waals surface area (Å²) >= 11 is 5.99. The Bertz CT molecular complexity index is 960. The molecule has 0 spiro atoms. The van der Waals surface area contributed by atoms with Gasteiger partial charge in [0.2, 0.25) is 5.89 Å². The summed E-state index contributed by atoms with van der Waals surface area (Å²) in [6, 6.07) is 11.4. The lowest BCUT2D eigenvalue weighted by Gasteiger charge is -2.07. The quantitative estimate of drug-likeness (QED) is 0.561. The monoisotopic (exact) mass is 310 g/mol. The average Bonchev–Trinajstić information content (AvgIpc) is 3.16. The molecule has 0 saturated heterocycles. The second-order valence-electron chi connectivity index (χ2n) is 5.00. The Kier molecular flexibility index (Phi) is 2.94. The predicted molar refractivity (Wildman–Crippen MR) is 84.1 cm³/mol. The van der Waals surface area contributed by atoms with Crippen molar-refractivity contribution in [3.63, 3.8) is 0 Å². The van der Waals surface area contributed by atoms with Gasteiger partial charge in [-0.3, -0.25) is 4.57 Å². The average molecular weight is 311 g/mol. The molecular formula is C16H11ClN4O. The number of benzene rings is 2. The van der Waals surface area contributed by atoms with E-state index in [2.05, 4.69) is 15.2 Å². The van der Waals surface area contributed by atoms with Crippen LogP contribution in [-0.4, -0.2) is 19.7 Å². The molecule has 0 fully saturated rings. The fourth-order valence-electron chi connectivity index (χ4n) is 2.37. The van der Waals surface area contributed by atoms with Crippen molar-refractivity contribution in [1.29, 1.82) is 0 Å². The molecule has 108 valence electrons. The van der Waals surface area contributed by atoms with Crippen LogP contribution in [0.4, 0.5) is 0 Å². The van der Waals surface area contributed by atoms with Crippen LogP contribution in [-0.2, 0) is 0 Å². The highest BCUT2D eigenvalue weighted by Gasteiger charge is 2.11. The molecule has 5 nitrogen and oxygen atoms in total. The summed E-state index contributed by atoms with van der Waals surface area (Å²) in [5.74, 6) is 0.562. The molecule has 0 bridgehead atoms. The molecule has 4 aromatic rings. The van der Waals surface area contributed by atoms with Gasteiger partial charge in [-0.05, 0) is 42.8 Å². The van der Waals surface area contributed by atoms with Crippen molar-refractivity contribution >= 4 is 22.7 Å². The van der Waals surface area contributed by atoms with Crippen LogP contribution in [0.1, 0.15) is 5.56 Å². The first-order valence-corrected chi connectivity index (χ1v) is 7.10. The molecule has 6 heteroatoms. The molecule has 0 aliphatic rings. The first-order chi connectivity index (χ1) is 10.7. The topological polar surface area (TPSA) is 56.7 Å². The number of oxazole rings is 1. The first-order valence-electron chi connectivity index (χ1n) is 6.73. The van der Waals surface area contributed by atoms with Gasteiger partial charge in [0.05, 0.1) is 5.69 Å². The third-order valence-corrected chi connectivity index (χ3v) is 3.74. The summed E-state index contributed by atoms with van der Waals surface area (Å²) in [7, 11) is 0. The van der Waals surface area contributed by atoms with E-state index in [1.165, 1.54) is 0 Å². The van der Waals surface area contributed by atoms with Crippen LogP contribution in [0.5, 0.6) is 0 Å². The maximum absolute atomic E-state index is 5.99.